The van der Waals surface area contributed by atoms with E-state index >= 15 is 0 Å². The lowest BCUT2D eigenvalue weighted by Gasteiger charge is -2.37. The van der Waals surface area contributed by atoms with E-state index in [2.05, 4.69) is 15.5 Å². The number of carbonyl (C=O) groups is 1. The number of benzene rings is 2. The number of aromatic nitrogens is 2. The smallest absolute Gasteiger partial charge is 0.272 e. The highest BCUT2D eigenvalue weighted by Gasteiger charge is 2.35. The highest BCUT2D eigenvalue weighted by molar-refractivity contribution is 6.04. The first-order valence-corrected chi connectivity index (χ1v) is 8.73. The van der Waals surface area contributed by atoms with Crippen molar-refractivity contribution in [2.24, 2.45) is 0 Å². The number of aromatic amines is 1. The maximum atomic E-state index is 13.3. The van der Waals surface area contributed by atoms with Gasteiger partial charge in [0, 0.05) is 30.6 Å². The van der Waals surface area contributed by atoms with Crippen LogP contribution >= 0.6 is 0 Å². The van der Waals surface area contributed by atoms with E-state index in [1.54, 1.807) is 12.1 Å². The molecule has 0 bridgehead atoms. The van der Waals surface area contributed by atoms with E-state index in [0.717, 1.165) is 29.3 Å². The lowest BCUT2D eigenvalue weighted by Crippen LogP contribution is -2.44. The van der Waals surface area contributed by atoms with E-state index in [4.69, 9.17) is 4.74 Å². The van der Waals surface area contributed by atoms with E-state index in [-0.39, 0.29) is 17.1 Å². The number of carbonyl (C=O) groups excluding carboxylic acids is 1. The molecule has 1 saturated heterocycles. The van der Waals surface area contributed by atoms with Crippen molar-refractivity contribution in [3.63, 3.8) is 0 Å². The van der Waals surface area contributed by atoms with Crippen molar-refractivity contribution in [3.8, 4) is 0 Å². The number of para-hydroxylation sites is 1. The molecule has 5 nitrogen and oxygen atoms in total. The molecule has 4 rings (SSSR count). The average molecular weight is 353 g/mol. The Bertz CT molecular complexity index is 914. The minimum atomic E-state index is -0.261. The summed E-state index contributed by atoms with van der Waals surface area (Å²) < 4.78 is 18.8. The van der Waals surface area contributed by atoms with Gasteiger partial charge in [-0.05, 0) is 36.6 Å². The highest BCUT2D eigenvalue weighted by Crippen LogP contribution is 2.34. The van der Waals surface area contributed by atoms with Gasteiger partial charge in [0.25, 0.3) is 5.91 Å². The van der Waals surface area contributed by atoms with Crippen molar-refractivity contribution in [2.75, 3.05) is 19.8 Å². The predicted molar refractivity (Wildman–Crippen MR) is 96.6 cm³/mol. The summed E-state index contributed by atoms with van der Waals surface area (Å²) in [6, 6.07) is 14.1. The molecule has 2 N–H and O–H groups in total. The van der Waals surface area contributed by atoms with Crippen LogP contribution in [0.5, 0.6) is 0 Å². The fourth-order valence-corrected chi connectivity index (χ4v) is 3.60. The van der Waals surface area contributed by atoms with E-state index in [0.29, 0.717) is 25.5 Å². The van der Waals surface area contributed by atoms with Gasteiger partial charge < -0.3 is 10.1 Å². The molecule has 0 atom stereocenters. The lowest BCUT2D eigenvalue weighted by molar-refractivity contribution is 0.0486. The van der Waals surface area contributed by atoms with Crippen LogP contribution in [0.2, 0.25) is 0 Å². The quantitative estimate of drug-likeness (QED) is 0.757. The fourth-order valence-electron chi connectivity index (χ4n) is 3.60. The minimum absolute atomic E-state index is 0.213. The van der Waals surface area contributed by atoms with Gasteiger partial charge in [-0.1, -0.05) is 30.3 Å². The van der Waals surface area contributed by atoms with Crippen molar-refractivity contribution < 1.29 is 13.9 Å². The first-order valence-electron chi connectivity index (χ1n) is 8.73. The molecule has 3 aromatic rings. The number of rotatable bonds is 4. The summed E-state index contributed by atoms with van der Waals surface area (Å²) in [6.07, 6.45) is 1.56. The Morgan fingerprint density at radius 2 is 1.88 bits per heavy atom. The Hall–Kier alpha value is -2.73. The van der Waals surface area contributed by atoms with Crippen LogP contribution in [0.4, 0.5) is 4.39 Å². The number of hydrogen-bond donors (Lipinski definition) is 2. The average Bonchev–Trinajstić information content (AvgIpc) is 3.12. The van der Waals surface area contributed by atoms with Crippen LogP contribution < -0.4 is 5.32 Å². The first-order chi connectivity index (χ1) is 12.7. The second-order valence-electron chi connectivity index (χ2n) is 6.70. The molecule has 2 aromatic carbocycles. The zero-order valence-corrected chi connectivity index (χ0v) is 14.3. The molecule has 1 amide bonds. The van der Waals surface area contributed by atoms with Crippen LogP contribution in [0.25, 0.3) is 10.9 Å². The van der Waals surface area contributed by atoms with Gasteiger partial charge in [-0.25, -0.2) is 4.39 Å². The van der Waals surface area contributed by atoms with Gasteiger partial charge in [0.2, 0.25) is 0 Å². The molecule has 1 fully saturated rings. The van der Waals surface area contributed by atoms with Crippen LogP contribution in [0.15, 0.2) is 48.5 Å². The molecule has 0 radical (unpaired) electrons. The van der Waals surface area contributed by atoms with Crippen molar-refractivity contribution in [3.05, 3.63) is 65.6 Å². The fraction of sp³-hybridized carbons (Fsp3) is 0.300. The Kier molecular flexibility index (Phi) is 4.42. The predicted octanol–water partition coefficient (Wildman–Crippen LogP) is 3.18. The lowest BCUT2D eigenvalue weighted by atomic mass is 9.74. The molecule has 0 saturated carbocycles. The van der Waals surface area contributed by atoms with Crippen molar-refractivity contribution >= 4 is 16.8 Å². The van der Waals surface area contributed by atoms with Gasteiger partial charge in [-0.2, -0.15) is 5.10 Å². The third kappa shape index (κ3) is 3.08. The highest BCUT2D eigenvalue weighted by atomic mass is 19.1. The summed E-state index contributed by atoms with van der Waals surface area (Å²) in [5, 5.41) is 10.9. The summed E-state index contributed by atoms with van der Waals surface area (Å²) in [5.74, 6) is -0.474. The van der Waals surface area contributed by atoms with E-state index < -0.39 is 0 Å². The molecule has 134 valence electrons. The van der Waals surface area contributed by atoms with Gasteiger partial charge in [-0.15, -0.1) is 0 Å². The van der Waals surface area contributed by atoms with Crippen molar-refractivity contribution in [2.45, 2.75) is 18.3 Å². The number of nitrogens with zero attached hydrogens (tertiary/aromatic N) is 1. The molecular weight excluding hydrogens is 333 g/mol. The number of H-pyrrole nitrogens is 1. The Balaban J connectivity index is 1.56. The van der Waals surface area contributed by atoms with Gasteiger partial charge in [0.15, 0.2) is 5.69 Å². The zero-order chi connectivity index (χ0) is 18.0. The van der Waals surface area contributed by atoms with Gasteiger partial charge in [0.1, 0.15) is 5.82 Å². The molecule has 1 aliphatic rings. The maximum Gasteiger partial charge on any atom is 0.272 e. The number of nitrogens with one attached hydrogen (secondary N) is 2. The van der Waals surface area contributed by atoms with Gasteiger partial charge >= 0.3 is 0 Å². The summed E-state index contributed by atoms with van der Waals surface area (Å²) in [6.45, 7) is 1.71. The third-order valence-electron chi connectivity index (χ3n) is 5.18. The van der Waals surface area contributed by atoms with Crippen LogP contribution in [-0.4, -0.2) is 35.9 Å². The molecule has 0 unspecified atom stereocenters. The SMILES string of the molecule is O=C(NCC1(c2ccc(F)cc2)CCOCC1)c1n[nH]c2ccccc12. The second-order valence-corrected chi connectivity index (χ2v) is 6.70. The Morgan fingerprint density at radius 3 is 2.65 bits per heavy atom. The monoisotopic (exact) mass is 353 g/mol. The van der Waals surface area contributed by atoms with Gasteiger partial charge in [-0.3, -0.25) is 9.89 Å². The standard InChI is InChI=1S/C20H20FN3O2/c21-15-7-5-14(6-8-15)20(9-11-26-12-10-20)13-22-19(25)18-16-3-1-2-4-17(16)23-24-18/h1-8H,9-13H2,(H,22,25)(H,23,24). The summed E-state index contributed by atoms with van der Waals surface area (Å²) in [5.41, 5.74) is 1.99. The molecular formula is C20H20FN3O2. The normalized spacial score (nSPS) is 16.5. The molecule has 6 heteroatoms. The van der Waals surface area contributed by atoms with Gasteiger partial charge in [0.05, 0.1) is 5.52 Å². The third-order valence-corrected chi connectivity index (χ3v) is 5.18. The molecule has 2 heterocycles. The van der Waals surface area contributed by atoms with E-state index in [1.165, 1.54) is 12.1 Å². The minimum Gasteiger partial charge on any atom is -0.381 e. The Labute approximate surface area is 150 Å². The number of fused-ring (bicyclic) bond motifs is 1. The number of ether oxygens (including phenoxy) is 1. The Morgan fingerprint density at radius 1 is 1.15 bits per heavy atom. The number of amides is 1. The number of halogens is 1. The topological polar surface area (TPSA) is 67.0 Å². The molecule has 26 heavy (non-hydrogen) atoms. The first kappa shape index (κ1) is 16.7. The second kappa shape index (κ2) is 6.88. The van der Waals surface area contributed by atoms with Crippen LogP contribution in [0, 0.1) is 5.82 Å². The molecule has 0 aliphatic carbocycles. The molecule has 1 aliphatic heterocycles. The van der Waals surface area contributed by atoms with Crippen LogP contribution in [0.1, 0.15) is 28.9 Å². The van der Waals surface area contributed by atoms with Crippen LogP contribution in [0.3, 0.4) is 0 Å². The summed E-state index contributed by atoms with van der Waals surface area (Å²) in [7, 11) is 0. The zero-order valence-electron chi connectivity index (χ0n) is 14.3. The molecule has 1 aromatic heterocycles. The summed E-state index contributed by atoms with van der Waals surface area (Å²) >= 11 is 0. The van der Waals surface area contributed by atoms with E-state index in [1.807, 2.05) is 24.3 Å². The maximum absolute atomic E-state index is 13.3. The van der Waals surface area contributed by atoms with Crippen molar-refractivity contribution in [1.29, 1.82) is 0 Å². The van der Waals surface area contributed by atoms with E-state index in [9.17, 15) is 9.18 Å². The van der Waals surface area contributed by atoms with Crippen LogP contribution in [-0.2, 0) is 10.2 Å². The van der Waals surface area contributed by atoms with Crippen molar-refractivity contribution in [1.82, 2.24) is 15.5 Å². The number of hydrogen-bond acceptors (Lipinski definition) is 3. The summed E-state index contributed by atoms with van der Waals surface area (Å²) in [4.78, 5) is 12.7. The molecule has 0 spiro atoms. The largest absolute Gasteiger partial charge is 0.381 e.